The second kappa shape index (κ2) is 4.47. The molecule has 96 valence electrons. The zero-order valence-electron chi connectivity index (χ0n) is 10.1. The Balaban J connectivity index is 2.44. The summed E-state index contributed by atoms with van der Waals surface area (Å²) in [6.45, 7) is 1.73. The van der Waals surface area contributed by atoms with Crippen LogP contribution in [0.5, 0.6) is 0 Å². The summed E-state index contributed by atoms with van der Waals surface area (Å²) in [7, 11) is 0. The van der Waals surface area contributed by atoms with E-state index in [4.69, 9.17) is 23.8 Å². The second-order valence-corrected chi connectivity index (χ2v) is 5.08. The number of nitrogens with zero attached hydrogens (tertiary/aromatic N) is 1. The molecular weight excluding hydrogens is 283 g/mol. The van der Waals surface area contributed by atoms with E-state index >= 15 is 0 Å². The zero-order chi connectivity index (χ0) is 13.6. The summed E-state index contributed by atoms with van der Waals surface area (Å²) in [4.78, 5) is 3.06. The molecular formula is C14H10ClFN2S. The van der Waals surface area contributed by atoms with E-state index in [2.05, 4.69) is 4.98 Å². The van der Waals surface area contributed by atoms with Gasteiger partial charge >= 0.3 is 0 Å². The minimum Gasteiger partial charge on any atom is -0.329 e. The van der Waals surface area contributed by atoms with Crippen LogP contribution in [0.25, 0.3) is 16.7 Å². The maximum atomic E-state index is 13.7. The molecule has 1 heterocycles. The van der Waals surface area contributed by atoms with Crippen molar-refractivity contribution in [2.75, 3.05) is 0 Å². The van der Waals surface area contributed by atoms with Crippen molar-refractivity contribution >= 4 is 34.9 Å². The quantitative estimate of drug-likeness (QED) is 0.640. The number of rotatable bonds is 1. The number of benzene rings is 2. The molecule has 1 aromatic heterocycles. The zero-order valence-corrected chi connectivity index (χ0v) is 11.6. The van der Waals surface area contributed by atoms with Crippen LogP contribution in [-0.2, 0) is 0 Å². The molecule has 3 aromatic rings. The maximum Gasteiger partial charge on any atom is 0.182 e. The molecule has 0 saturated heterocycles. The molecule has 0 fully saturated rings. The summed E-state index contributed by atoms with van der Waals surface area (Å²) in [6.07, 6.45) is 0. The first-order chi connectivity index (χ1) is 9.09. The molecule has 0 saturated carbocycles. The normalized spacial score (nSPS) is 11.1. The fourth-order valence-corrected chi connectivity index (χ4v) is 2.69. The maximum absolute atomic E-state index is 13.7. The highest BCUT2D eigenvalue weighted by molar-refractivity contribution is 7.71. The highest BCUT2D eigenvalue weighted by Gasteiger charge is 2.12. The number of para-hydroxylation sites is 1. The lowest BCUT2D eigenvalue weighted by Crippen LogP contribution is -1.98. The number of imidazole rings is 1. The molecule has 0 atom stereocenters. The van der Waals surface area contributed by atoms with Crippen molar-refractivity contribution in [2.24, 2.45) is 0 Å². The van der Waals surface area contributed by atoms with Gasteiger partial charge in [0.15, 0.2) is 4.77 Å². The fraction of sp³-hybridized carbons (Fsp3) is 0.0714. The predicted octanol–water partition coefficient (Wildman–Crippen LogP) is 4.79. The van der Waals surface area contributed by atoms with Crippen molar-refractivity contribution in [3.63, 3.8) is 0 Å². The Labute approximate surface area is 119 Å². The summed E-state index contributed by atoms with van der Waals surface area (Å²) in [5, 5.41) is 0.594. The van der Waals surface area contributed by atoms with Crippen LogP contribution in [-0.4, -0.2) is 9.55 Å². The molecule has 0 radical (unpaired) electrons. The van der Waals surface area contributed by atoms with Gasteiger partial charge in [-0.15, -0.1) is 0 Å². The second-order valence-electron chi connectivity index (χ2n) is 4.28. The predicted molar refractivity (Wildman–Crippen MR) is 78.2 cm³/mol. The fourth-order valence-electron chi connectivity index (χ4n) is 2.17. The van der Waals surface area contributed by atoms with E-state index in [9.17, 15) is 4.39 Å². The van der Waals surface area contributed by atoms with Gasteiger partial charge in [-0.05, 0) is 43.4 Å². The van der Waals surface area contributed by atoms with Crippen molar-refractivity contribution < 1.29 is 4.39 Å². The van der Waals surface area contributed by atoms with Gasteiger partial charge < -0.3 is 4.98 Å². The van der Waals surface area contributed by atoms with E-state index in [0.717, 1.165) is 16.7 Å². The van der Waals surface area contributed by atoms with Gasteiger partial charge in [0.2, 0.25) is 0 Å². The topological polar surface area (TPSA) is 20.7 Å². The van der Waals surface area contributed by atoms with Gasteiger partial charge in [0, 0.05) is 5.56 Å². The lowest BCUT2D eigenvalue weighted by molar-refractivity contribution is 0.617. The minimum atomic E-state index is -0.254. The van der Waals surface area contributed by atoms with Gasteiger partial charge in [-0.25, -0.2) is 4.39 Å². The van der Waals surface area contributed by atoms with E-state index in [-0.39, 0.29) is 5.82 Å². The molecule has 0 bridgehead atoms. The monoisotopic (exact) mass is 292 g/mol. The van der Waals surface area contributed by atoms with E-state index in [1.165, 1.54) is 6.07 Å². The van der Waals surface area contributed by atoms with Gasteiger partial charge in [0.05, 0.1) is 21.7 Å². The molecule has 2 aromatic carbocycles. The van der Waals surface area contributed by atoms with Crippen LogP contribution in [0.3, 0.4) is 0 Å². The van der Waals surface area contributed by atoms with Crippen LogP contribution in [0.4, 0.5) is 4.39 Å². The van der Waals surface area contributed by atoms with Gasteiger partial charge in [-0.2, -0.15) is 0 Å². The number of halogens is 2. The molecule has 19 heavy (non-hydrogen) atoms. The molecule has 0 unspecified atom stereocenters. The number of fused-ring (bicyclic) bond motifs is 1. The van der Waals surface area contributed by atoms with Crippen LogP contribution in [0.1, 0.15) is 5.56 Å². The molecule has 3 rings (SSSR count). The SMILES string of the molecule is Cc1c(F)cccc1-n1c(=S)[nH]c2c(Cl)cccc21. The lowest BCUT2D eigenvalue weighted by Gasteiger charge is -2.09. The van der Waals surface area contributed by atoms with Crippen molar-refractivity contribution in [2.45, 2.75) is 6.92 Å². The number of aromatic nitrogens is 2. The van der Waals surface area contributed by atoms with E-state index in [0.29, 0.717) is 15.4 Å². The first kappa shape index (κ1) is 12.4. The van der Waals surface area contributed by atoms with E-state index in [1.54, 1.807) is 23.6 Å². The third-order valence-corrected chi connectivity index (χ3v) is 3.75. The molecule has 0 aliphatic heterocycles. The highest BCUT2D eigenvalue weighted by Crippen LogP contribution is 2.27. The molecule has 0 spiro atoms. The average molecular weight is 293 g/mol. The first-order valence-corrected chi connectivity index (χ1v) is 6.53. The summed E-state index contributed by atoms with van der Waals surface area (Å²) in [6, 6.07) is 10.5. The Kier molecular flexibility index (Phi) is 2.92. The Morgan fingerprint density at radius 3 is 2.74 bits per heavy atom. The Morgan fingerprint density at radius 1 is 1.21 bits per heavy atom. The number of aromatic amines is 1. The van der Waals surface area contributed by atoms with Crippen LogP contribution in [0.2, 0.25) is 5.02 Å². The summed E-state index contributed by atoms with van der Waals surface area (Å²) >= 11 is 11.5. The van der Waals surface area contributed by atoms with Crippen molar-refractivity contribution in [3.05, 3.63) is 57.6 Å². The minimum absolute atomic E-state index is 0.254. The molecule has 0 aliphatic rings. The van der Waals surface area contributed by atoms with E-state index < -0.39 is 0 Å². The first-order valence-electron chi connectivity index (χ1n) is 5.74. The number of nitrogens with one attached hydrogen (secondary N) is 1. The van der Waals surface area contributed by atoms with Crippen LogP contribution in [0, 0.1) is 17.5 Å². The Hall–Kier alpha value is -1.65. The Morgan fingerprint density at radius 2 is 1.95 bits per heavy atom. The molecule has 0 amide bonds. The smallest absolute Gasteiger partial charge is 0.182 e. The standard InChI is InChI=1S/C14H10ClFN2S/c1-8-10(16)5-3-6-11(8)18-12-7-2-4-9(15)13(12)17-14(18)19/h2-7H,1H3,(H,17,19). The summed E-state index contributed by atoms with van der Waals surface area (Å²) in [5.41, 5.74) is 2.88. The summed E-state index contributed by atoms with van der Waals surface area (Å²) < 4.78 is 16.0. The van der Waals surface area contributed by atoms with Crippen LogP contribution < -0.4 is 0 Å². The molecule has 1 N–H and O–H groups in total. The van der Waals surface area contributed by atoms with Gasteiger partial charge in [-0.3, -0.25) is 4.57 Å². The molecule has 5 heteroatoms. The number of H-pyrrole nitrogens is 1. The van der Waals surface area contributed by atoms with Crippen LogP contribution >= 0.6 is 23.8 Å². The largest absolute Gasteiger partial charge is 0.329 e. The third kappa shape index (κ3) is 1.88. The number of hydrogen-bond acceptors (Lipinski definition) is 1. The number of hydrogen-bond donors (Lipinski definition) is 1. The third-order valence-electron chi connectivity index (χ3n) is 3.15. The van der Waals surface area contributed by atoms with E-state index in [1.807, 2.05) is 18.2 Å². The molecule has 2 nitrogen and oxygen atoms in total. The summed E-state index contributed by atoms with van der Waals surface area (Å²) in [5.74, 6) is -0.254. The van der Waals surface area contributed by atoms with Gasteiger partial charge in [0.1, 0.15) is 5.82 Å². The van der Waals surface area contributed by atoms with Crippen molar-refractivity contribution in [1.82, 2.24) is 9.55 Å². The average Bonchev–Trinajstić information content (AvgIpc) is 2.71. The Bertz CT molecular complexity index is 835. The van der Waals surface area contributed by atoms with Gasteiger partial charge in [-0.1, -0.05) is 23.7 Å². The lowest BCUT2D eigenvalue weighted by atomic mass is 10.2. The van der Waals surface area contributed by atoms with Crippen LogP contribution in [0.15, 0.2) is 36.4 Å². The van der Waals surface area contributed by atoms with Crippen molar-refractivity contribution in [3.8, 4) is 5.69 Å². The highest BCUT2D eigenvalue weighted by atomic mass is 35.5. The molecule has 0 aliphatic carbocycles. The van der Waals surface area contributed by atoms with Gasteiger partial charge in [0.25, 0.3) is 0 Å². The van der Waals surface area contributed by atoms with Crippen molar-refractivity contribution in [1.29, 1.82) is 0 Å².